The number of hydrogen-bond donors (Lipinski definition) is 3. The molecule has 0 spiro atoms. The Labute approximate surface area is 411 Å². The molecule has 3 fully saturated rings. The maximum Gasteiger partial charge on any atom is 0.274 e. The summed E-state index contributed by atoms with van der Waals surface area (Å²) < 4.78 is 15.1. The van der Waals surface area contributed by atoms with Crippen molar-refractivity contribution in [3.05, 3.63) is 147 Å². The van der Waals surface area contributed by atoms with E-state index in [4.69, 9.17) is 0 Å². The number of rotatable bonds is 15. The molecule has 0 unspecified atom stereocenters. The Bertz CT molecular complexity index is 2930. The first-order valence-electron chi connectivity index (χ1n) is 24.5. The van der Waals surface area contributed by atoms with Crippen LogP contribution in [0.5, 0.6) is 0 Å². The second kappa shape index (κ2) is 22.6. The van der Waals surface area contributed by atoms with Crippen molar-refractivity contribution in [3.8, 4) is 11.1 Å². The molecule has 3 aromatic carbocycles. The van der Waals surface area contributed by atoms with Crippen molar-refractivity contribution >= 4 is 40.1 Å². The molecule has 368 valence electrons. The van der Waals surface area contributed by atoms with Crippen LogP contribution in [0.1, 0.15) is 63.1 Å². The predicted molar refractivity (Wildman–Crippen MR) is 267 cm³/mol. The zero-order valence-corrected chi connectivity index (χ0v) is 40.0. The van der Waals surface area contributed by atoms with Gasteiger partial charge in [0.05, 0.1) is 41.1 Å². The smallest absolute Gasteiger partial charge is 0.274 e. The summed E-state index contributed by atoms with van der Waals surface area (Å²) in [5, 5.41) is 22.0. The molecule has 0 bridgehead atoms. The number of nitrogens with zero attached hydrogens (tertiary/aromatic N) is 9. The van der Waals surface area contributed by atoms with Gasteiger partial charge in [-0.15, -0.1) is 0 Å². The van der Waals surface area contributed by atoms with Crippen molar-refractivity contribution in [2.75, 3.05) is 90.4 Å². The number of benzene rings is 3. The molecule has 0 saturated carbocycles. The fourth-order valence-electron chi connectivity index (χ4n) is 9.72. The maximum atomic E-state index is 15.1. The summed E-state index contributed by atoms with van der Waals surface area (Å²) in [6, 6.07) is 25.2. The summed E-state index contributed by atoms with van der Waals surface area (Å²) in [5.74, 6) is -1.11. The highest BCUT2D eigenvalue weighted by Crippen LogP contribution is 2.28. The molecule has 18 heteroatoms. The zero-order valence-electron chi connectivity index (χ0n) is 40.0. The molecule has 3 saturated heterocycles. The topological polar surface area (TPSA) is 193 Å². The lowest BCUT2D eigenvalue weighted by Crippen LogP contribution is -2.55. The lowest BCUT2D eigenvalue weighted by molar-refractivity contribution is -0.134. The minimum absolute atomic E-state index is 0.0123. The fourth-order valence-corrected chi connectivity index (χ4v) is 9.72. The lowest BCUT2D eigenvalue weighted by Gasteiger charge is -2.40. The van der Waals surface area contributed by atoms with E-state index in [9.17, 15) is 24.0 Å². The van der Waals surface area contributed by atoms with Crippen molar-refractivity contribution in [1.82, 2.24) is 55.2 Å². The first-order chi connectivity index (χ1) is 34.6. The van der Waals surface area contributed by atoms with Gasteiger partial charge in [0.25, 0.3) is 17.4 Å². The Morgan fingerprint density at radius 2 is 1.49 bits per heavy atom. The molecule has 3 aliphatic heterocycles. The summed E-state index contributed by atoms with van der Waals surface area (Å²) in [6.45, 7) is 9.40. The van der Waals surface area contributed by atoms with E-state index in [0.717, 1.165) is 63.1 Å². The Morgan fingerprint density at radius 3 is 2.25 bits per heavy atom. The van der Waals surface area contributed by atoms with Gasteiger partial charge < -0.3 is 30.2 Å². The summed E-state index contributed by atoms with van der Waals surface area (Å²) in [5.41, 5.74) is 5.23. The highest BCUT2D eigenvalue weighted by molar-refractivity contribution is 6.03. The number of piperazine rings is 2. The first-order valence-corrected chi connectivity index (χ1v) is 24.5. The van der Waals surface area contributed by atoms with Gasteiger partial charge in [0, 0.05) is 108 Å². The van der Waals surface area contributed by atoms with Crippen LogP contribution in [0.15, 0.2) is 102 Å². The molecule has 6 aromatic rings. The van der Waals surface area contributed by atoms with Crippen LogP contribution in [0.4, 0.5) is 10.1 Å². The van der Waals surface area contributed by atoms with Crippen molar-refractivity contribution < 1.29 is 23.6 Å². The van der Waals surface area contributed by atoms with Crippen LogP contribution in [-0.4, -0.2) is 159 Å². The van der Waals surface area contributed by atoms with Crippen LogP contribution >= 0.6 is 0 Å². The van der Waals surface area contributed by atoms with Gasteiger partial charge in [-0.1, -0.05) is 55.5 Å². The summed E-state index contributed by atoms with van der Waals surface area (Å²) in [6.07, 6.45) is 6.17. The lowest BCUT2D eigenvalue weighted by atomic mass is 9.95. The molecule has 0 aliphatic carbocycles. The van der Waals surface area contributed by atoms with E-state index in [2.05, 4.69) is 64.9 Å². The standard InChI is InChI=1S/C53H59FN12O5/c1-2-36-7-5-8-39(27-36)40-30-47(58-48(67)33-55-32-41-9-6-16-57-59-41)50(56-31-40)53(71)65-17-14-37(15-18-65)34-62-19-21-63(22-20-62)35-49(68)64-23-25-66(26-24-64)52(70)44-28-38(12-13-45(44)54)29-46-42-10-3-4-11-43(42)51(69)61-60-46/h3-13,16,27-28,30-31,37,55H,2,14-15,17-26,29,32-35H2,1H3,(H,58,67)(H,61,69). The van der Waals surface area contributed by atoms with Gasteiger partial charge >= 0.3 is 0 Å². The summed E-state index contributed by atoms with van der Waals surface area (Å²) in [4.78, 5) is 81.2. The SMILES string of the molecule is CCc1cccc(-c2cnc(C(=O)N3CCC(CN4CCN(CC(=O)N5CCN(C(=O)c6cc(Cc7n[nH]c(=O)c8ccccc78)ccc6F)CC5)CC4)CC3)c(NC(=O)CNCc3cccnn3)c2)c1. The molecule has 3 N–H and O–H groups in total. The monoisotopic (exact) mass is 962 g/mol. The minimum Gasteiger partial charge on any atom is -0.338 e. The van der Waals surface area contributed by atoms with Crippen LogP contribution in [0.25, 0.3) is 21.9 Å². The molecular weight excluding hydrogens is 904 g/mol. The van der Waals surface area contributed by atoms with E-state index in [0.29, 0.717) is 98.1 Å². The number of likely N-dealkylation sites (tertiary alicyclic amines) is 1. The van der Waals surface area contributed by atoms with E-state index in [1.165, 1.54) is 11.6 Å². The number of H-pyrrole nitrogens is 1. The van der Waals surface area contributed by atoms with Crippen molar-refractivity contribution in [2.45, 2.75) is 39.2 Å². The van der Waals surface area contributed by atoms with E-state index in [1.807, 2.05) is 41.3 Å². The third kappa shape index (κ3) is 12.0. The molecule has 0 atom stereocenters. The molecule has 71 heavy (non-hydrogen) atoms. The molecule has 4 amide bonds. The number of carbonyl (C=O) groups excluding carboxylic acids is 4. The molecule has 0 radical (unpaired) electrons. The number of nitrogens with one attached hydrogen (secondary N) is 3. The van der Waals surface area contributed by atoms with Crippen molar-refractivity contribution in [2.24, 2.45) is 5.92 Å². The van der Waals surface area contributed by atoms with E-state index in [-0.39, 0.29) is 41.1 Å². The number of carbonyl (C=O) groups is 4. The second-order valence-corrected chi connectivity index (χ2v) is 18.6. The predicted octanol–water partition coefficient (Wildman–Crippen LogP) is 4.25. The van der Waals surface area contributed by atoms with E-state index < -0.39 is 11.7 Å². The number of aromatic amines is 1. The number of pyridine rings is 1. The van der Waals surface area contributed by atoms with Crippen LogP contribution < -0.4 is 16.2 Å². The minimum atomic E-state index is -0.613. The first kappa shape index (κ1) is 48.7. The Hall–Kier alpha value is -7.28. The van der Waals surface area contributed by atoms with Gasteiger partial charge in [0.15, 0.2) is 5.69 Å². The average molecular weight is 963 g/mol. The average Bonchev–Trinajstić information content (AvgIpc) is 3.40. The van der Waals surface area contributed by atoms with Crippen molar-refractivity contribution in [3.63, 3.8) is 0 Å². The number of aromatic nitrogens is 5. The van der Waals surface area contributed by atoms with Gasteiger partial charge in [0.1, 0.15) is 5.82 Å². The number of anilines is 1. The molecule has 6 heterocycles. The van der Waals surface area contributed by atoms with Crippen LogP contribution in [0.3, 0.4) is 0 Å². The van der Waals surface area contributed by atoms with Gasteiger partial charge in [0.2, 0.25) is 11.8 Å². The third-order valence-electron chi connectivity index (χ3n) is 13.8. The van der Waals surface area contributed by atoms with Gasteiger partial charge in [-0.25, -0.2) is 14.5 Å². The second-order valence-electron chi connectivity index (χ2n) is 18.6. The third-order valence-corrected chi connectivity index (χ3v) is 13.8. The number of halogens is 1. The normalized spacial score (nSPS) is 16.1. The largest absolute Gasteiger partial charge is 0.338 e. The van der Waals surface area contributed by atoms with Crippen LogP contribution in [0, 0.1) is 11.7 Å². The zero-order chi connectivity index (χ0) is 49.3. The number of piperidine rings is 1. The molecule has 17 nitrogen and oxygen atoms in total. The van der Waals surface area contributed by atoms with E-state index >= 15 is 4.39 Å². The van der Waals surface area contributed by atoms with Crippen LogP contribution in [-0.2, 0) is 29.0 Å². The number of aryl methyl sites for hydroxylation is 1. The summed E-state index contributed by atoms with van der Waals surface area (Å²) >= 11 is 0. The molecular formula is C53H59FN12O5. The fraction of sp³-hybridized carbons (Fsp3) is 0.377. The number of fused-ring (bicyclic) bond motifs is 1. The van der Waals surface area contributed by atoms with Crippen LogP contribution in [0.2, 0.25) is 0 Å². The Kier molecular flexibility index (Phi) is 15.5. The maximum absolute atomic E-state index is 15.1. The van der Waals surface area contributed by atoms with Crippen molar-refractivity contribution in [1.29, 1.82) is 0 Å². The highest BCUT2D eigenvalue weighted by Gasteiger charge is 2.31. The number of amides is 4. The van der Waals surface area contributed by atoms with Gasteiger partial charge in [-0.2, -0.15) is 15.3 Å². The molecule has 3 aliphatic rings. The number of hydrogen-bond acceptors (Lipinski definition) is 12. The Morgan fingerprint density at radius 1 is 0.746 bits per heavy atom. The Balaban J connectivity index is 0.721. The van der Waals surface area contributed by atoms with E-state index in [1.54, 1.807) is 52.5 Å². The quantitative estimate of drug-likeness (QED) is 0.133. The molecule has 3 aromatic heterocycles. The van der Waals surface area contributed by atoms with Gasteiger partial charge in [-0.3, -0.25) is 28.9 Å². The molecule has 9 rings (SSSR count). The highest BCUT2D eigenvalue weighted by atomic mass is 19.1. The summed E-state index contributed by atoms with van der Waals surface area (Å²) in [7, 11) is 0. The van der Waals surface area contributed by atoms with Gasteiger partial charge in [-0.05, 0) is 78.3 Å².